The number of amides is 1. The van der Waals surface area contributed by atoms with Gasteiger partial charge in [-0.1, -0.05) is 0 Å². The number of rotatable bonds is 2. The number of nitrogens with two attached hydrogens (primary N) is 1. The second-order valence-electron chi connectivity index (χ2n) is 5.06. The van der Waals surface area contributed by atoms with E-state index in [0.717, 1.165) is 0 Å². The van der Waals surface area contributed by atoms with Crippen molar-refractivity contribution in [3.63, 3.8) is 0 Å². The van der Waals surface area contributed by atoms with Crippen molar-refractivity contribution in [1.82, 2.24) is 4.90 Å². The molecule has 1 amide bonds. The number of methoxy groups -OCH3 is 1. The quantitative estimate of drug-likeness (QED) is 0.855. The summed E-state index contributed by atoms with van der Waals surface area (Å²) in [6.45, 7) is 0.166. The molecule has 0 saturated carbocycles. The summed E-state index contributed by atoms with van der Waals surface area (Å²) in [5.41, 5.74) is 6.32. The lowest BCUT2D eigenvalue weighted by atomic mass is 9.95. The number of ether oxygens (including phenoxy) is 1. The van der Waals surface area contributed by atoms with E-state index in [0.29, 0.717) is 11.4 Å². The van der Waals surface area contributed by atoms with Crippen molar-refractivity contribution in [3.8, 4) is 5.75 Å². The van der Waals surface area contributed by atoms with Crippen LogP contribution >= 0.6 is 0 Å². The van der Waals surface area contributed by atoms with Crippen LogP contribution < -0.4 is 10.5 Å². The number of nitrogen functional groups attached to an aromatic ring is 1. The van der Waals surface area contributed by atoms with Gasteiger partial charge in [0.2, 0.25) is 0 Å². The monoisotopic (exact) mass is 302 g/mol. The summed E-state index contributed by atoms with van der Waals surface area (Å²) in [6.07, 6.45) is -4.33. The summed E-state index contributed by atoms with van der Waals surface area (Å²) in [5.74, 6) is -1.20. The van der Waals surface area contributed by atoms with Crippen LogP contribution in [0.5, 0.6) is 5.75 Å². The van der Waals surface area contributed by atoms with E-state index >= 15 is 0 Å². The number of benzene rings is 1. The van der Waals surface area contributed by atoms with Gasteiger partial charge in [0.15, 0.2) is 0 Å². The molecule has 2 rings (SSSR count). The average Bonchev–Trinajstić information content (AvgIpc) is 2.46. The van der Waals surface area contributed by atoms with Crippen LogP contribution in [0.3, 0.4) is 0 Å². The maximum absolute atomic E-state index is 12.6. The molecule has 1 aliphatic rings. The lowest BCUT2D eigenvalue weighted by Crippen LogP contribution is -2.42. The molecule has 1 saturated heterocycles. The van der Waals surface area contributed by atoms with E-state index in [9.17, 15) is 18.0 Å². The van der Waals surface area contributed by atoms with Gasteiger partial charge in [-0.2, -0.15) is 13.2 Å². The van der Waals surface area contributed by atoms with Crippen LogP contribution in [0.2, 0.25) is 0 Å². The smallest absolute Gasteiger partial charge is 0.391 e. The molecule has 1 aromatic rings. The molecule has 0 aromatic heterocycles. The minimum absolute atomic E-state index is 0.0703. The number of hydrogen-bond donors (Lipinski definition) is 1. The van der Waals surface area contributed by atoms with Gasteiger partial charge >= 0.3 is 6.18 Å². The summed E-state index contributed by atoms with van der Waals surface area (Å²) >= 11 is 0. The van der Waals surface area contributed by atoms with E-state index in [-0.39, 0.29) is 37.4 Å². The normalized spacial score (nSPS) is 16.9. The lowest BCUT2D eigenvalue weighted by Gasteiger charge is -2.33. The first-order valence-electron chi connectivity index (χ1n) is 6.62. The Bertz CT molecular complexity index is 523. The van der Waals surface area contributed by atoms with Crippen molar-refractivity contribution in [2.45, 2.75) is 19.0 Å². The van der Waals surface area contributed by atoms with Gasteiger partial charge in [-0.25, -0.2) is 0 Å². The van der Waals surface area contributed by atoms with Gasteiger partial charge in [0.05, 0.1) is 18.6 Å². The highest BCUT2D eigenvalue weighted by Gasteiger charge is 2.41. The highest BCUT2D eigenvalue weighted by Crippen LogP contribution is 2.34. The van der Waals surface area contributed by atoms with Crippen molar-refractivity contribution in [1.29, 1.82) is 0 Å². The molecule has 4 nitrogen and oxygen atoms in total. The fraction of sp³-hybridized carbons (Fsp3) is 0.500. The number of nitrogens with zero attached hydrogens (tertiary/aromatic N) is 1. The predicted molar refractivity (Wildman–Crippen MR) is 72.1 cm³/mol. The fourth-order valence-electron chi connectivity index (χ4n) is 2.43. The van der Waals surface area contributed by atoms with Gasteiger partial charge < -0.3 is 15.4 Å². The maximum Gasteiger partial charge on any atom is 0.391 e. The van der Waals surface area contributed by atoms with Crippen LogP contribution in [-0.4, -0.2) is 37.2 Å². The Hall–Kier alpha value is -1.92. The SMILES string of the molecule is COc1ccc(N)c(C(=O)N2CCC(C(F)(F)F)CC2)c1. The molecule has 116 valence electrons. The van der Waals surface area contributed by atoms with Gasteiger partial charge in [-0.15, -0.1) is 0 Å². The topological polar surface area (TPSA) is 55.6 Å². The highest BCUT2D eigenvalue weighted by atomic mass is 19.4. The van der Waals surface area contributed by atoms with E-state index in [1.54, 1.807) is 12.1 Å². The third-order valence-electron chi connectivity index (χ3n) is 3.74. The maximum atomic E-state index is 12.6. The molecule has 0 unspecified atom stereocenters. The zero-order valence-electron chi connectivity index (χ0n) is 11.6. The minimum Gasteiger partial charge on any atom is -0.497 e. The summed E-state index contributed by atoms with van der Waals surface area (Å²) in [5, 5.41) is 0. The van der Waals surface area contributed by atoms with Gasteiger partial charge in [-0.05, 0) is 31.0 Å². The first-order valence-corrected chi connectivity index (χ1v) is 6.62. The molecule has 0 aliphatic carbocycles. The van der Waals surface area contributed by atoms with Crippen LogP contribution in [0.4, 0.5) is 18.9 Å². The summed E-state index contributed by atoms with van der Waals surface area (Å²) < 4.78 is 42.9. The molecule has 1 aromatic carbocycles. The van der Waals surface area contributed by atoms with E-state index < -0.39 is 12.1 Å². The standard InChI is InChI=1S/C14H17F3N2O2/c1-21-10-2-3-12(18)11(8-10)13(20)19-6-4-9(5-7-19)14(15,16)17/h2-3,8-9H,4-7,18H2,1H3. The first kappa shape index (κ1) is 15.5. The Morgan fingerprint density at radius 2 is 1.95 bits per heavy atom. The van der Waals surface area contributed by atoms with Crippen molar-refractivity contribution >= 4 is 11.6 Å². The van der Waals surface area contributed by atoms with E-state index in [1.165, 1.54) is 18.1 Å². The second-order valence-corrected chi connectivity index (χ2v) is 5.06. The van der Waals surface area contributed by atoms with Crippen LogP contribution in [0.1, 0.15) is 23.2 Å². The number of anilines is 1. The molecule has 0 radical (unpaired) electrons. The van der Waals surface area contributed by atoms with Crippen molar-refractivity contribution in [3.05, 3.63) is 23.8 Å². The third-order valence-corrected chi connectivity index (χ3v) is 3.74. The molecule has 7 heteroatoms. The van der Waals surface area contributed by atoms with Crippen LogP contribution in [0.25, 0.3) is 0 Å². The van der Waals surface area contributed by atoms with E-state index in [1.807, 2.05) is 0 Å². The average molecular weight is 302 g/mol. The Kier molecular flexibility index (Phi) is 4.29. The van der Waals surface area contributed by atoms with Crippen LogP contribution in [0.15, 0.2) is 18.2 Å². The number of piperidine rings is 1. The minimum atomic E-state index is -4.19. The van der Waals surface area contributed by atoms with Gasteiger partial charge in [0.1, 0.15) is 5.75 Å². The molecule has 1 fully saturated rings. The molecular formula is C14H17F3N2O2. The van der Waals surface area contributed by atoms with Gasteiger partial charge in [0.25, 0.3) is 5.91 Å². The molecule has 2 N–H and O–H groups in total. The van der Waals surface area contributed by atoms with E-state index in [2.05, 4.69) is 0 Å². The molecule has 1 heterocycles. The van der Waals surface area contributed by atoms with Crippen LogP contribution in [0, 0.1) is 5.92 Å². The number of carbonyl (C=O) groups excluding carboxylic acids is 1. The Labute approximate surface area is 120 Å². The molecule has 0 bridgehead atoms. The van der Waals surface area contributed by atoms with Crippen molar-refractivity contribution in [2.75, 3.05) is 25.9 Å². The van der Waals surface area contributed by atoms with Crippen molar-refractivity contribution in [2.24, 2.45) is 5.92 Å². The number of carbonyl (C=O) groups is 1. The third kappa shape index (κ3) is 3.40. The van der Waals surface area contributed by atoms with Gasteiger partial charge in [0, 0.05) is 18.8 Å². The summed E-state index contributed by atoms with van der Waals surface area (Å²) in [7, 11) is 1.47. The number of hydrogen-bond acceptors (Lipinski definition) is 3. The Morgan fingerprint density at radius 3 is 2.48 bits per heavy atom. The molecule has 0 atom stereocenters. The molecular weight excluding hydrogens is 285 g/mol. The molecule has 0 spiro atoms. The first-order chi connectivity index (χ1) is 9.82. The number of likely N-dealkylation sites (tertiary alicyclic amines) is 1. The second kappa shape index (κ2) is 5.83. The molecule has 21 heavy (non-hydrogen) atoms. The molecule has 1 aliphatic heterocycles. The van der Waals surface area contributed by atoms with Crippen LogP contribution in [-0.2, 0) is 0 Å². The van der Waals surface area contributed by atoms with E-state index in [4.69, 9.17) is 10.5 Å². The van der Waals surface area contributed by atoms with Gasteiger partial charge in [-0.3, -0.25) is 4.79 Å². The summed E-state index contributed by atoms with van der Waals surface area (Å²) in [6, 6.07) is 4.68. The zero-order chi connectivity index (χ0) is 15.6. The summed E-state index contributed by atoms with van der Waals surface area (Å²) in [4.78, 5) is 13.8. The Balaban J connectivity index is 2.09. The Morgan fingerprint density at radius 1 is 1.33 bits per heavy atom. The largest absolute Gasteiger partial charge is 0.497 e. The lowest BCUT2D eigenvalue weighted by molar-refractivity contribution is -0.183. The van der Waals surface area contributed by atoms with Crippen molar-refractivity contribution < 1.29 is 22.7 Å². The number of alkyl halides is 3. The predicted octanol–water partition coefficient (Wildman–Crippen LogP) is 2.69. The highest BCUT2D eigenvalue weighted by molar-refractivity contribution is 5.99. The zero-order valence-corrected chi connectivity index (χ0v) is 11.6. The fourth-order valence-corrected chi connectivity index (χ4v) is 2.43. The number of halogens is 3.